The molecule has 5 heteroatoms. The summed E-state index contributed by atoms with van der Waals surface area (Å²) in [5.41, 5.74) is 6.42. The summed E-state index contributed by atoms with van der Waals surface area (Å²) in [7, 11) is 0. The monoisotopic (exact) mass is 254 g/mol. The van der Waals surface area contributed by atoms with E-state index < -0.39 is 0 Å². The summed E-state index contributed by atoms with van der Waals surface area (Å²) < 4.78 is 0. The lowest BCUT2D eigenvalue weighted by Gasteiger charge is -2.24. The van der Waals surface area contributed by atoms with Gasteiger partial charge in [0, 0.05) is 9.79 Å². The van der Waals surface area contributed by atoms with Crippen LogP contribution >= 0.6 is 23.5 Å². The van der Waals surface area contributed by atoms with Crippen LogP contribution in [0.1, 0.15) is 6.42 Å². The third kappa shape index (κ3) is 2.36. The summed E-state index contributed by atoms with van der Waals surface area (Å²) >= 11 is 3.32. The van der Waals surface area contributed by atoms with Crippen molar-refractivity contribution >= 4 is 35.1 Å². The first-order valence-corrected chi connectivity index (χ1v) is 7.20. The Morgan fingerprint density at radius 2 is 2.38 bits per heavy atom. The summed E-state index contributed by atoms with van der Waals surface area (Å²) in [5.74, 6) is 0.0693. The van der Waals surface area contributed by atoms with Crippen LogP contribution in [-0.2, 0) is 4.79 Å². The van der Waals surface area contributed by atoms with Gasteiger partial charge < -0.3 is 11.1 Å². The Labute approximate surface area is 104 Å². The van der Waals surface area contributed by atoms with Crippen molar-refractivity contribution in [3.63, 3.8) is 0 Å². The molecule has 3 N–H and O–H groups in total. The first-order valence-electron chi connectivity index (χ1n) is 5.10. The predicted octanol–water partition coefficient (Wildman–Crippen LogP) is 2.17. The number of benzene rings is 1. The molecule has 0 fully saturated rings. The van der Waals surface area contributed by atoms with Crippen LogP contribution in [0.3, 0.4) is 0 Å². The van der Waals surface area contributed by atoms with Crippen LogP contribution in [0.15, 0.2) is 28.0 Å². The lowest BCUT2D eigenvalue weighted by Crippen LogP contribution is -2.30. The van der Waals surface area contributed by atoms with E-state index in [0.29, 0.717) is 6.54 Å². The van der Waals surface area contributed by atoms with Crippen LogP contribution in [-0.4, -0.2) is 24.0 Å². The largest absolute Gasteiger partial charge is 0.330 e. The second kappa shape index (κ2) is 5.12. The molecule has 0 bridgehead atoms. The van der Waals surface area contributed by atoms with Gasteiger partial charge in [-0.25, -0.2) is 0 Å². The van der Waals surface area contributed by atoms with Crippen molar-refractivity contribution in [1.29, 1.82) is 0 Å². The fourth-order valence-electron chi connectivity index (χ4n) is 1.59. The molecule has 1 aliphatic rings. The van der Waals surface area contributed by atoms with Crippen molar-refractivity contribution in [1.82, 2.24) is 0 Å². The normalized spacial score (nSPS) is 19.1. The molecule has 0 spiro atoms. The fourth-order valence-corrected chi connectivity index (χ4v) is 3.27. The Bertz CT molecular complexity index is 409. The highest BCUT2D eigenvalue weighted by Gasteiger charge is 2.26. The second-order valence-corrected chi connectivity index (χ2v) is 5.66. The van der Waals surface area contributed by atoms with E-state index in [-0.39, 0.29) is 11.2 Å². The molecule has 1 aromatic carbocycles. The lowest BCUT2D eigenvalue weighted by atomic mass is 10.2. The summed E-state index contributed by atoms with van der Waals surface area (Å²) in [6.07, 6.45) is 2.77. The zero-order chi connectivity index (χ0) is 11.5. The van der Waals surface area contributed by atoms with Crippen LogP contribution in [0.2, 0.25) is 0 Å². The van der Waals surface area contributed by atoms with Crippen LogP contribution in [0.4, 0.5) is 5.69 Å². The van der Waals surface area contributed by atoms with Gasteiger partial charge >= 0.3 is 0 Å². The summed E-state index contributed by atoms with van der Waals surface area (Å²) in [5, 5.41) is 2.87. The van der Waals surface area contributed by atoms with Gasteiger partial charge in [0.1, 0.15) is 0 Å². The van der Waals surface area contributed by atoms with E-state index in [2.05, 4.69) is 11.4 Å². The maximum atomic E-state index is 11.7. The molecule has 86 valence electrons. The Hall–Kier alpha value is -0.650. The first-order chi connectivity index (χ1) is 7.74. The van der Waals surface area contributed by atoms with Crippen LogP contribution in [0.25, 0.3) is 0 Å². The van der Waals surface area contributed by atoms with Gasteiger partial charge in [0.15, 0.2) is 0 Å². The minimum absolute atomic E-state index is 0.0467. The zero-order valence-electron chi connectivity index (χ0n) is 9.03. The number of hydrogen-bond acceptors (Lipinski definition) is 4. The molecule has 1 aromatic rings. The number of nitrogens with one attached hydrogen (secondary N) is 1. The fraction of sp³-hybridized carbons (Fsp3) is 0.364. The molecule has 1 unspecified atom stereocenters. The molecule has 0 aliphatic carbocycles. The molecular formula is C11H14N2OS2. The van der Waals surface area contributed by atoms with Crippen molar-refractivity contribution in [2.45, 2.75) is 21.5 Å². The number of hydrogen-bond donors (Lipinski definition) is 2. The minimum Gasteiger partial charge on any atom is -0.330 e. The molecule has 1 aliphatic heterocycles. The average Bonchev–Trinajstić information content (AvgIpc) is 2.30. The van der Waals surface area contributed by atoms with Gasteiger partial charge in [-0.05, 0) is 37.4 Å². The predicted molar refractivity (Wildman–Crippen MR) is 70.2 cm³/mol. The molecule has 1 amide bonds. The number of carbonyl (C=O) groups is 1. The van der Waals surface area contributed by atoms with Gasteiger partial charge in [-0.3, -0.25) is 4.79 Å². The molecule has 0 radical (unpaired) electrons. The summed E-state index contributed by atoms with van der Waals surface area (Å²) in [6.45, 7) is 0.544. The Morgan fingerprint density at radius 1 is 1.56 bits per heavy atom. The van der Waals surface area contributed by atoms with Gasteiger partial charge in [0.2, 0.25) is 5.91 Å². The van der Waals surface area contributed by atoms with E-state index >= 15 is 0 Å². The van der Waals surface area contributed by atoms with E-state index in [1.54, 1.807) is 23.5 Å². The highest BCUT2D eigenvalue weighted by Crippen LogP contribution is 2.38. The molecule has 16 heavy (non-hydrogen) atoms. The smallest absolute Gasteiger partial charge is 0.237 e. The molecule has 1 heterocycles. The Balaban J connectivity index is 2.25. The SMILES string of the molecule is CSc1ccc2c(c1)SC(CCN)C(=O)N2. The van der Waals surface area contributed by atoms with Crippen molar-refractivity contribution in [3.05, 3.63) is 18.2 Å². The number of thioether (sulfide) groups is 2. The second-order valence-electron chi connectivity index (χ2n) is 3.54. The van der Waals surface area contributed by atoms with Crippen molar-refractivity contribution in [3.8, 4) is 0 Å². The highest BCUT2D eigenvalue weighted by atomic mass is 32.2. The van der Waals surface area contributed by atoms with E-state index in [4.69, 9.17) is 5.73 Å². The van der Waals surface area contributed by atoms with Crippen LogP contribution in [0.5, 0.6) is 0 Å². The number of nitrogens with two attached hydrogens (primary N) is 1. The Morgan fingerprint density at radius 3 is 3.06 bits per heavy atom. The van der Waals surface area contributed by atoms with Gasteiger partial charge in [-0.15, -0.1) is 23.5 Å². The van der Waals surface area contributed by atoms with Gasteiger partial charge in [0.25, 0.3) is 0 Å². The van der Waals surface area contributed by atoms with Gasteiger partial charge in [-0.2, -0.15) is 0 Å². The number of anilines is 1. The molecule has 3 nitrogen and oxygen atoms in total. The molecule has 2 rings (SSSR count). The van der Waals surface area contributed by atoms with Crippen molar-refractivity contribution in [2.24, 2.45) is 5.73 Å². The maximum absolute atomic E-state index is 11.7. The van der Waals surface area contributed by atoms with E-state index in [9.17, 15) is 4.79 Å². The molecule has 1 atom stereocenters. The lowest BCUT2D eigenvalue weighted by molar-refractivity contribution is -0.115. The van der Waals surface area contributed by atoms with Crippen LogP contribution in [0, 0.1) is 0 Å². The minimum atomic E-state index is -0.0467. The van der Waals surface area contributed by atoms with Gasteiger partial charge in [-0.1, -0.05) is 0 Å². The molecular weight excluding hydrogens is 240 g/mol. The van der Waals surface area contributed by atoms with Crippen LogP contribution < -0.4 is 11.1 Å². The van der Waals surface area contributed by atoms with Gasteiger partial charge in [0.05, 0.1) is 10.9 Å². The highest BCUT2D eigenvalue weighted by molar-refractivity contribution is 8.01. The summed E-state index contributed by atoms with van der Waals surface area (Å²) in [4.78, 5) is 14.1. The number of rotatable bonds is 3. The zero-order valence-corrected chi connectivity index (χ0v) is 10.7. The number of fused-ring (bicyclic) bond motifs is 1. The standard InChI is InChI=1S/C11H14N2OS2/c1-15-7-2-3-8-10(6-7)16-9(4-5-12)11(14)13-8/h2-3,6,9H,4-5,12H2,1H3,(H,13,14). The van der Waals surface area contributed by atoms with Crippen molar-refractivity contribution < 1.29 is 4.79 Å². The maximum Gasteiger partial charge on any atom is 0.237 e. The number of amides is 1. The number of carbonyl (C=O) groups excluding carboxylic acids is 1. The third-order valence-corrected chi connectivity index (χ3v) is 4.49. The first kappa shape index (κ1) is 11.8. The van der Waals surface area contributed by atoms with E-state index in [1.807, 2.05) is 18.4 Å². The average molecular weight is 254 g/mol. The topological polar surface area (TPSA) is 55.1 Å². The summed E-state index contributed by atoms with van der Waals surface area (Å²) in [6, 6.07) is 6.10. The Kier molecular flexibility index (Phi) is 3.78. The molecule has 0 saturated carbocycles. The molecule has 0 aromatic heterocycles. The third-order valence-electron chi connectivity index (χ3n) is 2.44. The van der Waals surface area contributed by atoms with E-state index in [1.165, 1.54) is 4.90 Å². The molecule has 0 saturated heterocycles. The van der Waals surface area contributed by atoms with Crippen molar-refractivity contribution in [2.75, 3.05) is 18.1 Å². The quantitative estimate of drug-likeness (QED) is 0.812. The van der Waals surface area contributed by atoms with E-state index in [0.717, 1.165) is 17.0 Å².